The predicted octanol–water partition coefficient (Wildman–Crippen LogP) is 1.59. The second kappa shape index (κ2) is 17.5. The number of hydrogen-bond donors (Lipinski definition) is 5. The molecule has 1 aliphatic heterocycles. The molecule has 5 N–H and O–H groups in total. The lowest BCUT2D eigenvalue weighted by Gasteiger charge is -2.40. The zero-order valence-electron chi connectivity index (χ0n) is 22.3. The fourth-order valence-corrected chi connectivity index (χ4v) is 3.07. The van der Waals surface area contributed by atoms with Gasteiger partial charge in [-0.1, -0.05) is 34.3 Å². The first-order valence-electron chi connectivity index (χ1n) is 12.1. The topological polar surface area (TPSA) is 172 Å². The Morgan fingerprint density at radius 3 is 2.19 bits per heavy atom. The summed E-state index contributed by atoms with van der Waals surface area (Å²) in [5.41, 5.74) is -0.0369. The number of aliphatic hydroxyl groups excluding tert-OH is 4. The van der Waals surface area contributed by atoms with E-state index in [2.05, 4.69) is 11.9 Å². The van der Waals surface area contributed by atoms with E-state index in [1.165, 1.54) is 25.3 Å². The lowest BCUT2D eigenvalue weighted by Crippen LogP contribution is -2.60. The molecule has 11 nitrogen and oxygen atoms in total. The van der Waals surface area contributed by atoms with Crippen LogP contribution in [0.3, 0.4) is 0 Å². The van der Waals surface area contributed by atoms with Gasteiger partial charge in [0, 0.05) is 19.0 Å². The lowest BCUT2D eigenvalue weighted by molar-refractivity contribution is -0.284. The fourth-order valence-electron chi connectivity index (χ4n) is 3.07. The second-order valence-electron chi connectivity index (χ2n) is 8.33. The molecule has 37 heavy (non-hydrogen) atoms. The molecule has 0 aromatic carbocycles. The number of carbonyl (C=O) groups is 3. The van der Waals surface area contributed by atoms with Gasteiger partial charge < -0.3 is 40.0 Å². The Morgan fingerprint density at radius 1 is 1.08 bits per heavy atom. The number of aliphatic hydroxyl groups is 4. The van der Waals surface area contributed by atoms with Crippen molar-refractivity contribution in [2.24, 2.45) is 5.92 Å². The van der Waals surface area contributed by atoms with Gasteiger partial charge in [-0.3, -0.25) is 9.59 Å². The number of rotatable bonds is 13. The van der Waals surface area contributed by atoms with Gasteiger partial charge in [0.05, 0.1) is 7.11 Å². The Labute approximate surface area is 218 Å². The maximum Gasteiger partial charge on any atom is 0.333 e. The van der Waals surface area contributed by atoms with E-state index in [0.29, 0.717) is 24.2 Å². The molecule has 0 aromatic rings. The molecule has 0 amide bonds. The van der Waals surface area contributed by atoms with Gasteiger partial charge >= 0.3 is 5.97 Å². The monoisotopic (exact) mass is 527 g/mol. The van der Waals surface area contributed by atoms with E-state index in [4.69, 9.17) is 14.2 Å². The van der Waals surface area contributed by atoms with Crippen LogP contribution in [-0.4, -0.2) is 82.3 Å². The standard InChI is InChI=1S/C24H35NO10.C2H6/c1-6-16(10-9-15(23(32)33-5)8-7-13(2)3)34-24-22(31)21(30)20(29)18(35-24)11-25-17(12-26)19(28)14(4)27;1-2/h6,9-10,12-13,18,20-22,24-26,29-31H,1,7-8,11H2,2-5H3;1-2H3/b15-9+,16-10+,17-12-;/t18?,20-,21?,22?,24+;/m1./s1. The van der Waals surface area contributed by atoms with Gasteiger partial charge in [0.15, 0.2) is 0 Å². The third-order valence-electron chi connectivity index (χ3n) is 5.20. The zero-order valence-corrected chi connectivity index (χ0v) is 22.3. The minimum atomic E-state index is -1.68. The zero-order chi connectivity index (χ0) is 28.7. The van der Waals surface area contributed by atoms with Crippen molar-refractivity contribution in [3.8, 4) is 0 Å². The third kappa shape index (κ3) is 10.9. The minimum absolute atomic E-state index is 0.0954. The molecule has 0 bridgehead atoms. The van der Waals surface area contributed by atoms with Gasteiger partial charge in [0.1, 0.15) is 42.1 Å². The van der Waals surface area contributed by atoms with Crippen molar-refractivity contribution < 1.29 is 49.0 Å². The molecule has 1 fully saturated rings. The summed E-state index contributed by atoms with van der Waals surface area (Å²) < 4.78 is 16.0. The highest BCUT2D eigenvalue weighted by molar-refractivity contribution is 6.42. The van der Waals surface area contributed by atoms with Gasteiger partial charge in [-0.15, -0.1) is 0 Å². The van der Waals surface area contributed by atoms with Crippen LogP contribution in [0.5, 0.6) is 0 Å². The molecule has 5 atom stereocenters. The molecule has 1 aliphatic rings. The molecule has 0 aliphatic carbocycles. The Balaban J connectivity index is 0.00000631. The maximum absolute atomic E-state index is 12.0. The fraction of sp³-hybridized carbons (Fsp3) is 0.577. The number of ether oxygens (including phenoxy) is 3. The number of carbonyl (C=O) groups excluding carboxylic acids is 3. The van der Waals surface area contributed by atoms with Crippen molar-refractivity contribution in [3.63, 3.8) is 0 Å². The van der Waals surface area contributed by atoms with Crippen molar-refractivity contribution in [2.45, 2.75) is 78.2 Å². The Kier molecular flexibility index (Phi) is 16.1. The van der Waals surface area contributed by atoms with Crippen molar-refractivity contribution in [1.82, 2.24) is 5.32 Å². The summed E-state index contributed by atoms with van der Waals surface area (Å²) in [5.74, 6) is -1.87. The van der Waals surface area contributed by atoms with Gasteiger partial charge in [0.2, 0.25) is 17.9 Å². The van der Waals surface area contributed by atoms with Crippen LogP contribution >= 0.6 is 0 Å². The Morgan fingerprint density at radius 2 is 1.70 bits per heavy atom. The summed E-state index contributed by atoms with van der Waals surface area (Å²) in [5, 5.41) is 42.5. The first-order valence-corrected chi connectivity index (χ1v) is 12.1. The molecule has 0 saturated carbocycles. The number of esters is 1. The summed E-state index contributed by atoms with van der Waals surface area (Å²) >= 11 is 0. The molecule has 1 saturated heterocycles. The van der Waals surface area contributed by atoms with Crippen LogP contribution in [0, 0.1) is 5.92 Å². The SMILES string of the molecule is C=C/C(=C\C=C(/CCC(C)C)C(=O)OC)O[C@H]1OC(CN/C(=C\O)C(=O)C(C)=O)[C@@H](O)C(O)C1O.CC. The molecule has 11 heteroatoms. The van der Waals surface area contributed by atoms with Gasteiger partial charge in [0.25, 0.3) is 0 Å². The molecule has 1 heterocycles. The van der Waals surface area contributed by atoms with Crippen LogP contribution in [-0.2, 0) is 28.6 Å². The summed E-state index contributed by atoms with van der Waals surface area (Å²) in [6.45, 7) is 12.4. The highest BCUT2D eigenvalue weighted by Gasteiger charge is 2.45. The molecule has 0 radical (unpaired) electrons. The largest absolute Gasteiger partial charge is 0.513 e. The van der Waals surface area contributed by atoms with E-state index in [1.807, 2.05) is 27.7 Å². The average Bonchev–Trinajstić information content (AvgIpc) is 2.89. The Hall–Kier alpha value is -2.99. The average molecular weight is 528 g/mol. The van der Waals surface area contributed by atoms with Crippen molar-refractivity contribution in [2.75, 3.05) is 13.7 Å². The van der Waals surface area contributed by atoms with E-state index in [0.717, 1.165) is 13.3 Å². The van der Waals surface area contributed by atoms with Crippen LogP contribution in [0.25, 0.3) is 0 Å². The van der Waals surface area contributed by atoms with E-state index in [1.54, 1.807) is 0 Å². The summed E-state index contributed by atoms with van der Waals surface area (Å²) in [6, 6.07) is 0. The van der Waals surface area contributed by atoms with E-state index < -0.39 is 53.9 Å². The molecule has 1 rings (SSSR count). The number of allylic oxidation sites excluding steroid dienone is 4. The van der Waals surface area contributed by atoms with Gasteiger partial charge in [-0.25, -0.2) is 4.79 Å². The maximum atomic E-state index is 12.0. The van der Waals surface area contributed by atoms with Crippen molar-refractivity contribution >= 4 is 17.5 Å². The highest BCUT2D eigenvalue weighted by Crippen LogP contribution is 2.24. The first-order chi connectivity index (χ1) is 17.5. The smallest absolute Gasteiger partial charge is 0.333 e. The van der Waals surface area contributed by atoms with Crippen LogP contribution < -0.4 is 5.32 Å². The number of methoxy groups -OCH3 is 1. The summed E-state index contributed by atoms with van der Waals surface area (Å²) in [6.07, 6.45) is -1.73. The van der Waals surface area contributed by atoms with Crippen LogP contribution in [0.1, 0.15) is 47.5 Å². The van der Waals surface area contributed by atoms with E-state index >= 15 is 0 Å². The second-order valence-corrected chi connectivity index (χ2v) is 8.33. The third-order valence-corrected chi connectivity index (χ3v) is 5.20. The van der Waals surface area contributed by atoms with Gasteiger partial charge in [-0.05, 0) is 37.0 Å². The van der Waals surface area contributed by atoms with Gasteiger partial charge in [-0.2, -0.15) is 0 Å². The molecule has 0 spiro atoms. The lowest BCUT2D eigenvalue weighted by atomic mass is 9.98. The Bertz CT molecular complexity index is 861. The highest BCUT2D eigenvalue weighted by atomic mass is 16.7. The van der Waals surface area contributed by atoms with Crippen LogP contribution in [0.2, 0.25) is 0 Å². The number of Topliss-reactive ketones (excluding diaryl/α,β-unsaturated/α-hetero) is 2. The summed E-state index contributed by atoms with van der Waals surface area (Å²) in [4.78, 5) is 35.0. The number of nitrogens with one attached hydrogen (secondary N) is 1. The van der Waals surface area contributed by atoms with E-state index in [-0.39, 0.29) is 12.3 Å². The number of hydrogen-bond acceptors (Lipinski definition) is 11. The normalized spacial score (nSPS) is 24.5. The van der Waals surface area contributed by atoms with Crippen LogP contribution in [0.15, 0.2) is 48.1 Å². The molecular weight excluding hydrogens is 486 g/mol. The first kappa shape index (κ1) is 34.0. The predicted molar refractivity (Wildman–Crippen MR) is 136 cm³/mol. The van der Waals surface area contributed by atoms with E-state index in [9.17, 15) is 34.8 Å². The molecule has 0 aromatic heterocycles. The minimum Gasteiger partial charge on any atom is -0.513 e. The molecular formula is C26H41NO10. The molecule has 210 valence electrons. The van der Waals surface area contributed by atoms with Crippen molar-refractivity contribution in [1.29, 1.82) is 0 Å². The quantitative estimate of drug-likeness (QED) is 0.0774. The van der Waals surface area contributed by atoms with Crippen LogP contribution in [0.4, 0.5) is 0 Å². The van der Waals surface area contributed by atoms with Crippen molar-refractivity contribution in [3.05, 3.63) is 48.1 Å². The molecule has 3 unspecified atom stereocenters. The number of ketones is 2. The summed E-state index contributed by atoms with van der Waals surface area (Å²) in [7, 11) is 1.27.